The standard InChI is InChI=1S/C13H18BrN3/c1-2-3-5-10(8-15)17-13-7-4-6-12(14)11(13)9-16/h4,6-7,10,17H,2-3,5,8,15H2,1H3. The number of hydrogen-bond donors (Lipinski definition) is 2. The highest BCUT2D eigenvalue weighted by atomic mass is 79.9. The van der Waals surface area contributed by atoms with Crippen molar-refractivity contribution < 1.29 is 0 Å². The molecule has 0 radical (unpaired) electrons. The van der Waals surface area contributed by atoms with Gasteiger partial charge in [-0.05, 0) is 34.5 Å². The molecular weight excluding hydrogens is 278 g/mol. The molecule has 0 aliphatic heterocycles. The maximum absolute atomic E-state index is 9.11. The predicted molar refractivity (Wildman–Crippen MR) is 74.8 cm³/mol. The summed E-state index contributed by atoms with van der Waals surface area (Å²) in [5.41, 5.74) is 7.23. The van der Waals surface area contributed by atoms with Crippen molar-refractivity contribution in [3.05, 3.63) is 28.2 Å². The number of nitrogens with two attached hydrogens (primary N) is 1. The smallest absolute Gasteiger partial charge is 0.103 e. The van der Waals surface area contributed by atoms with Crippen LogP contribution in [0.2, 0.25) is 0 Å². The molecule has 0 heterocycles. The van der Waals surface area contributed by atoms with Gasteiger partial charge in [-0.2, -0.15) is 5.26 Å². The maximum Gasteiger partial charge on any atom is 0.103 e. The second-order valence-electron chi connectivity index (χ2n) is 3.99. The summed E-state index contributed by atoms with van der Waals surface area (Å²) in [5.74, 6) is 0. The van der Waals surface area contributed by atoms with E-state index in [0.717, 1.165) is 29.4 Å². The first kappa shape index (κ1) is 14.0. The van der Waals surface area contributed by atoms with Gasteiger partial charge >= 0.3 is 0 Å². The minimum Gasteiger partial charge on any atom is -0.380 e. The van der Waals surface area contributed by atoms with Gasteiger partial charge in [0, 0.05) is 17.1 Å². The quantitative estimate of drug-likeness (QED) is 0.847. The molecule has 0 saturated carbocycles. The highest BCUT2D eigenvalue weighted by molar-refractivity contribution is 9.10. The summed E-state index contributed by atoms with van der Waals surface area (Å²) in [6.45, 7) is 2.74. The van der Waals surface area contributed by atoms with Crippen molar-refractivity contribution in [1.29, 1.82) is 5.26 Å². The van der Waals surface area contributed by atoms with Crippen LogP contribution in [0.15, 0.2) is 22.7 Å². The van der Waals surface area contributed by atoms with E-state index >= 15 is 0 Å². The van der Waals surface area contributed by atoms with Crippen LogP contribution in [0.5, 0.6) is 0 Å². The molecular formula is C13H18BrN3. The van der Waals surface area contributed by atoms with Crippen LogP contribution in [0, 0.1) is 11.3 Å². The van der Waals surface area contributed by atoms with E-state index < -0.39 is 0 Å². The Kier molecular flexibility index (Phi) is 6.03. The molecule has 0 aliphatic carbocycles. The zero-order valence-electron chi connectivity index (χ0n) is 10.0. The normalized spacial score (nSPS) is 11.9. The minimum atomic E-state index is 0.233. The number of benzene rings is 1. The van der Waals surface area contributed by atoms with Crippen LogP contribution < -0.4 is 11.1 Å². The van der Waals surface area contributed by atoms with E-state index in [-0.39, 0.29) is 6.04 Å². The number of nitriles is 1. The van der Waals surface area contributed by atoms with Gasteiger partial charge in [-0.25, -0.2) is 0 Å². The fraction of sp³-hybridized carbons (Fsp3) is 0.462. The van der Waals surface area contributed by atoms with E-state index in [1.165, 1.54) is 0 Å². The van der Waals surface area contributed by atoms with Crippen LogP contribution in [-0.4, -0.2) is 12.6 Å². The van der Waals surface area contributed by atoms with Gasteiger partial charge in [0.05, 0.1) is 11.3 Å². The van der Waals surface area contributed by atoms with E-state index in [0.29, 0.717) is 12.1 Å². The summed E-state index contributed by atoms with van der Waals surface area (Å²) in [5, 5.41) is 12.5. The van der Waals surface area contributed by atoms with Crippen LogP contribution in [0.1, 0.15) is 31.7 Å². The number of unbranched alkanes of at least 4 members (excludes halogenated alkanes) is 1. The molecule has 3 N–H and O–H groups in total. The zero-order chi connectivity index (χ0) is 12.7. The number of nitrogens with one attached hydrogen (secondary N) is 1. The van der Waals surface area contributed by atoms with Gasteiger partial charge in [0.2, 0.25) is 0 Å². The lowest BCUT2D eigenvalue weighted by Gasteiger charge is -2.19. The number of anilines is 1. The molecule has 1 atom stereocenters. The molecule has 1 aromatic rings. The summed E-state index contributed by atoms with van der Waals surface area (Å²) in [7, 11) is 0. The molecule has 0 saturated heterocycles. The monoisotopic (exact) mass is 295 g/mol. The van der Waals surface area contributed by atoms with Crippen molar-refractivity contribution in [3.63, 3.8) is 0 Å². The molecule has 17 heavy (non-hydrogen) atoms. The largest absolute Gasteiger partial charge is 0.380 e. The Hall–Kier alpha value is -1.05. The molecule has 0 bridgehead atoms. The third-order valence-corrected chi connectivity index (χ3v) is 3.34. The molecule has 0 aromatic heterocycles. The lowest BCUT2D eigenvalue weighted by Crippen LogP contribution is -2.29. The molecule has 1 rings (SSSR count). The van der Waals surface area contributed by atoms with Gasteiger partial charge in [0.15, 0.2) is 0 Å². The van der Waals surface area contributed by atoms with Crippen LogP contribution in [0.4, 0.5) is 5.69 Å². The number of halogens is 1. The first-order valence-electron chi connectivity index (χ1n) is 5.88. The SMILES string of the molecule is CCCCC(CN)Nc1cccc(Br)c1C#N. The summed E-state index contributed by atoms with van der Waals surface area (Å²) >= 11 is 3.38. The van der Waals surface area contributed by atoms with Crippen molar-refractivity contribution >= 4 is 21.6 Å². The molecule has 4 heteroatoms. The maximum atomic E-state index is 9.11. The first-order valence-corrected chi connectivity index (χ1v) is 6.67. The molecule has 0 amide bonds. The summed E-state index contributed by atoms with van der Waals surface area (Å²) in [6, 6.07) is 8.13. The van der Waals surface area contributed by atoms with E-state index in [4.69, 9.17) is 11.0 Å². The molecule has 1 unspecified atom stereocenters. The third kappa shape index (κ3) is 4.03. The van der Waals surface area contributed by atoms with Crippen LogP contribution in [0.3, 0.4) is 0 Å². The van der Waals surface area contributed by atoms with Crippen molar-refractivity contribution in [1.82, 2.24) is 0 Å². The third-order valence-electron chi connectivity index (χ3n) is 2.68. The van der Waals surface area contributed by atoms with E-state index in [1.54, 1.807) is 0 Å². The van der Waals surface area contributed by atoms with Gasteiger partial charge in [-0.3, -0.25) is 0 Å². The molecule has 0 spiro atoms. The lowest BCUT2D eigenvalue weighted by molar-refractivity contribution is 0.614. The Labute approximate surface area is 111 Å². The van der Waals surface area contributed by atoms with Crippen molar-refractivity contribution in [2.75, 3.05) is 11.9 Å². The Morgan fingerprint density at radius 3 is 2.88 bits per heavy atom. The Balaban J connectivity index is 2.79. The van der Waals surface area contributed by atoms with Crippen molar-refractivity contribution in [2.24, 2.45) is 5.73 Å². The summed E-state index contributed by atoms with van der Waals surface area (Å²) in [4.78, 5) is 0. The molecule has 0 fully saturated rings. The minimum absolute atomic E-state index is 0.233. The van der Waals surface area contributed by atoms with Crippen molar-refractivity contribution in [2.45, 2.75) is 32.2 Å². The van der Waals surface area contributed by atoms with E-state index in [9.17, 15) is 0 Å². The fourth-order valence-corrected chi connectivity index (χ4v) is 2.13. The zero-order valence-corrected chi connectivity index (χ0v) is 11.6. The molecule has 92 valence electrons. The average Bonchev–Trinajstić information content (AvgIpc) is 2.34. The average molecular weight is 296 g/mol. The summed E-state index contributed by atoms with van der Waals surface area (Å²) < 4.78 is 0.816. The topological polar surface area (TPSA) is 61.8 Å². The van der Waals surface area contributed by atoms with Gasteiger partial charge in [-0.1, -0.05) is 25.8 Å². The van der Waals surface area contributed by atoms with Gasteiger partial charge in [0.25, 0.3) is 0 Å². The van der Waals surface area contributed by atoms with E-state index in [1.807, 2.05) is 18.2 Å². The predicted octanol–water partition coefficient (Wildman–Crippen LogP) is 3.25. The second-order valence-corrected chi connectivity index (χ2v) is 4.85. The van der Waals surface area contributed by atoms with Gasteiger partial charge in [0.1, 0.15) is 6.07 Å². The highest BCUT2D eigenvalue weighted by Crippen LogP contribution is 2.24. The lowest BCUT2D eigenvalue weighted by atomic mass is 10.1. The van der Waals surface area contributed by atoms with Crippen LogP contribution >= 0.6 is 15.9 Å². The fourth-order valence-electron chi connectivity index (χ4n) is 1.68. The van der Waals surface area contributed by atoms with Gasteiger partial charge < -0.3 is 11.1 Å². The Morgan fingerprint density at radius 2 is 2.29 bits per heavy atom. The number of nitrogens with zero attached hydrogens (tertiary/aromatic N) is 1. The second kappa shape index (κ2) is 7.31. The van der Waals surface area contributed by atoms with Crippen LogP contribution in [-0.2, 0) is 0 Å². The Bertz CT molecular complexity index is 398. The van der Waals surface area contributed by atoms with Crippen LogP contribution in [0.25, 0.3) is 0 Å². The van der Waals surface area contributed by atoms with E-state index in [2.05, 4.69) is 34.2 Å². The molecule has 3 nitrogen and oxygen atoms in total. The molecule has 0 aliphatic rings. The number of rotatable bonds is 6. The highest BCUT2D eigenvalue weighted by Gasteiger charge is 2.10. The summed E-state index contributed by atoms with van der Waals surface area (Å²) in [6.07, 6.45) is 3.33. The number of hydrogen-bond acceptors (Lipinski definition) is 3. The Morgan fingerprint density at radius 1 is 1.53 bits per heavy atom. The van der Waals surface area contributed by atoms with Crippen molar-refractivity contribution in [3.8, 4) is 6.07 Å². The van der Waals surface area contributed by atoms with Gasteiger partial charge in [-0.15, -0.1) is 0 Å². The molecule has 1 aromatic carbocycles. The first-order chi connectivity index (χ1) is 8.22.